The molecule has 0 aliphatic carbocycles. The second-order valence-electron chi connectivity index (χ2n) is 6.57. The van der Waals surface area contributed by atoms with Crippen molar-refractivity contribution in [1.82, 2.24) is 10.3 Å². The van der Waals surface area contributed by atoms with Crippen molar-refractivity contribution in [2.45, 2.75) is 19.9 Å². The highest BCUT2D eigenvalue weighted by Crippen LogP contribution is 2.19. The highest BCUT2D eigenvalue weighted by molar-refractivity contribution is 6.03. The van der Waals surface area contributed by atoms with Gasteiger partial charge in [0.15, 0.2) is 0 Å². The summed E-state index contributed by atoms with van der Waals surface area (Å²) in [6.07, 6.45) is 0.717. The minimum absolute atomic E-state index is 0.305. The van der Waals surface area contributed by atoms with Crippen molar-refractivity contribution in [3.05, 3.63) is 77.0 Å². The average Bonchev–Trinajstić information content (AvgIpc) is 3.10. The molecular formula is C22H21N3O2. The van der Waals surface area contributed by atoms with E-state index in [2.05, 4.69) is 27.4 Å². The zero-order valence-electron chi connectivity index (χ0n) is 15.2. The molecule has 0 radical (unpaired) electrons. The molecule has 0 atom stereocenters. The molecule has 3 aromatic rings. The van der Waals surface area contributed by atoms with Gasteiger partial charge in [0, 0.05) is 23.2 Å². The van der Waals surface area contributed by atoms with Crippen LogP contribution in [0.25, 0.3) is 10.9 Å². The Kier molecular flexibility index (Phi) is 4.83. The monoisotopic (exact) mass is 359 g/mol. The zero-order chi connectivity index (χ0) is 18.6. The van der Waals surface area contributed by atoms with Crippen LogP contribution in [0, 0.1) is 6.92 Å². The number of aryl methyl sites for hydroxylation is 1. The standard InChI is InChI=1S/C22H21N3O2/c1-15-13-19(18-9-4-5-10-20(18)25-15)22(26)27-12-6-11-23-21-17-8-3-2-7-16(17)14-24-21/h2-5,7-10,13H,6,11-12,14H2,1H3,(H,23,24). The molecule has 0 unspecified atom stereocenters. The minimum Gasteiger partial charge on any atom is -0.462 e. The van der Waals surface area contributed by atoms with Crippen LogP contribution in [0.4, 0.5) is 0 Å². The summed E-state index contributed by atoms with van der Waals surface area (Å²) in [5.74, 6) is 0.618. The number of pyridine rings is 1. The third kappa shape index (κ3) is 3.67. The number of esters is 1. The maximum Gasteiger partial charge on any atom is 0.338 e. The third-order valence-corrected chi connectivity index (χ3v) is 4.59. The smallest absolute Gasteiger partial charge is 0.338 e. The van der Waals surface area contributed by atoms with Crippen molar-refractivity contribution in [2.24, 2.45) is 4.99 Å². The molecule has 2 aromatic carbocycles. The summed E-state index contributed by atoms with van der Waals surface area (Å²) in [7, 11) is 0. The number of nitrogens with zero attached hydrogens (tertiary/aromatic N) is 2. The summed E-state index contributed by atoms with van der Waals surface area (Å²) in [6.45, 7) is 3.67. The van der Waals surface area contributed by atoms with E-state index in [0.29, 0.717) is 18.7 Å². The van der Waals surface area contributed by atoms with Gasteiger partial charge in [-0.3, -0.25) is 9.98 Å². The van der Waals surface area contributed by atoms with E-state index in [1.807, 2.05) is 43.3 Å². The lowest BCUT2D eigenvalue weighted by atomic mass is 10.1. The lowest BCUT2D eigenvalue weighted by molar-refractivity contribution is 0.0504. The fourth-order valence-corrected chi connectivity index (χ4v) is 3.29. The third-order valence-electron chi connectivity index (χ3n) is 4.59. The Morgan fingerprint density at radius 2 is 1.96 bits per heavy atom. The van der Waals surface area contributed by atoms with Gasteiger partial charge in [0.1, 0.15) is 5.84 Å². The maximum atomic E-state index is 12.5. The van der Waals surface area contributed by atoms with E-state index in [-0.39, 0.29) is 5.97 Å². The lowest BCUT2D eigenvalue weighted by Gasteiger charge is -2.10. The van der Waals surface area contributed by atoms with Crippen LogP contribution in [0.2, 0.25) is 0 Å². The van der Waals surface area contributed by atoms with Gasteiger partial charge in [0.05, 0.1) is 24.2 Å². The van der Waals surface area contributed by atoms with Gasteiger partial charge >= 0.3 is 5.97 Å². The number of hydrogen-bond acceptors (Lipinski definition) is 5. The number of ether oxygens (including phenoxy) is 1. The fraction of sp³-hybridized carbons (Fsp3) is 0.227. The van der Waals surface area contributed by atoms with E-state index >= 15 is 0 Å². The van der Waals surface area contributed by atoms with Crippen molar-refractivity contribution >= 4 is 22.7 Å². The molecule has 1 aliphatic heterocycles. The van der Waals surface area contributed by atoms with Gasteiger partial charge in [-0.25, -0.2) is 4.79 Å². The Balaban J connectivity index is 1.31. The summed E-state index contributed by atoms with van der Waals surface area (Å²) in [4.78, 5) is 21.5. The van der Waals surface area contributed by atoms with Crippen LogP contribution in [-0.2, 0) is 11.3 Å². The van der Waals surface area contributed by atoms with Crippen LogP contribution in [0.15, 0.2) is 59.6 Å². The molecule has 1 aromatic heterocycles. The van der Waals surface area contributed by atoms with E-state index in [0.717, 1.165) is 41.0 Å². The predicted molar refractivity (Wildman–Crippen MR) is 106 cm³/mol. The van der Waals surface area contributed by atoms with Crippen LogP contribution < -0.4 is 5.32 Å². The topological polar surface area (TPSA) is 63.6 Å². The first kappa shape index (κ1) is 17.2. The molecule has 5 heteroatoms. The molecule has 5 nitrogen and oxygen atoms in total. The van der Waals surface area contributed by atoms with Gasteiger partial charge in [-0.05, 0) is 31.0 Å². The van der Waals surface area contributed by atoms with Gasteiger partial charge in [-0.2, -0.15) is 0 Å². The summed E-state index contributed by atoms with van der Waals surface area (Å²) >= 11 is 0. The van der Waals surface area contributed by atoms with Gasteiger partial charge < -0.3 is 10.1 Å². The first-order valence-corrected chi connectivity index (χ1v) is 9.12. The number of fused-ring (bicyclic) bond motifs is 2. The first-order valence-electron chi connectivity index (χ1n) is 9.12. The van der Waals surface area contributed by atoms with Crippen molar-refractivity contribution in [2.75, 3.05) is 13.2 Å². The van der Waals surface area contributed by atoms with E-state index in [1.54, 1.807) is 6.07 Å². The van der Waals surface area contributed by atoms with Crippen molar-refractivity contribution in [3.8, 4) is 0 Å². The van der Waals surface area contributed by atoms with Crippen LogP contribution in [0.5, 0.6) is 0 Å². The minimum atomic E-state index is -0.305. The lowest BCUT2D eigenvalue weighted by Crippen LogP contribution is -2.25. The molecular weight excluding hydrogens is 338 g/mol. The Morgan fingerprint density at radius 3 is 2.89 bits per heavy atom. The molecule has 0 saturated carbocycles. The van der Waals surface area contributed by atoms with Crippen LogP contribution in [-0.4, -0.2) is 29.9 Å². The highest BCUT2D eigenvalue weighted by atomic mass is 16.5. The first-order chi connectivity index (χ1) is 13.2. The maximum absolute atomic E-state index is 12.5. The zero-order valence-corrected chi connectivity index (χ0v) is 15.2. The van der Waals surface area contributed by atoms with E-state index in [1.165, 1.54) is 5.56 Å². The number of carbonyl (C=O) groups is 1. The predicted octanol–water partition coefficient (Wildman–Crippen LogP) is 3.64. The summed E-state index contributed by atoms with van der Waals surface area (Å²) < 4.78 is 5.48. The van der Waals surface area contributed by atoms with Gasteiger partial charge in [0.25, 0.3) is 0 Å². The number of carbonyl (C=O) groups excluding carboxylic acids is 1. The summed E-state index contributed by atoms with van der Waals surface area (Å²) in [5, 5.41) is 4.16. The second-order valence-corrected chi connectivity index (χ2v) is 6.57. The molecule has 0 spiro atoms. The van der Waals surface area contributed by atoms with Crippen molar-refractivity contribution in [3.63, 3.8) is 0 Å². The number of rotatable bonds is 5. The number of nitrogens with one attached hydrogen (secondary N) is 1. The normalized spacial score (nSPS) is 12.6. The molecule has 4 rings (SSSR count). The molecule has 0 fully saturated rings. The summed E-state index contributed by atoms with van der Waals surface area (Å²) in [5.41, 5.74) is 4.59. The number of aromatic nitrogens is 1. The van der Waals surface area contributed by atoms with E-state index in [9.17, 15) is 4.79 Å². The molecule has 136 valence electrons. The Bertz CT molecular complexity index is 1030. The van der Waals surface area contributed by atoms with Crippen LogP contribution in [0.1, 0.15) is 33.6 Å². The van der Waals surface area contributed by atoms with Crippen LogP contribution >= 0.6 is 0 Å². The number of hydrogen-bond donors (Lipinski definition) is 1. The Morgan fingerprint density at radius 1 is 1.15 bits per heavy atom. The quantitative estimate of drug-likeness (QED) is 0.558. The average molecular weight is 359 g/mol. The number of aliphatic imine (C=N–C) groups is 1. The number of benzene rings is 2. The Labute approximate surface area is 158 Å². The van der Waals surface area contributed by atoms with Crippen molar-refractivity contribution in [1.29, 1.82) is 0 Å². The molecule has 1 N–H and O–H groups in total. The number of para-hydroxylation sites is 1. The summed E-state index contributed by atoms with van der Waals surface area (Å²) in [6, 6.07) is 17.6. The van der Waals surface area contributed by atoms with Crippen molar-refractivity contribution < 1.29 is 9.53 Å². The SMILES string of the molecule is Cc1cc(C(=O)OCCCNC2=NCc3ccccc32)c2ccccc2n1. The molecule has 0 bridgehead atoms. The molecule has 0 saturated heterocycles. The van der Waals surface area contributed by atoms with Crippen LogP contribution in [0.3, 0.4) is 0 Å². The van der Waals surface area contributed by atoms with E-state index < -0.39 is 0 Å². The van der Waals surface area contributed by atoms with Gasteiger partial charge in [-0.1, -0.05) is 42.5 Å². The van der Waals surface area contributed by atoms with E-state index in [4.69, 9.17) is 4.74 Å². The highest BCUT2D eigenvalue weighted by Gasteiger charge is 2.15. The van der Waals surface area contributed by atoms with Gasteiger partial charge in [-0.15, -0.1) is 0 Å². The number of amidine groups is 1. The Hall–Kier alpha value is -3.21. The second kappa shape index (κ2) is 7.58. The molecule has 27 heavy (non-hydrogen) atoms. The fourth-order valence-electron chi connectivity index (χ4n) is 3.29. The molecule has 1 aliphatic rings. The molecule has 2 heterocycles. The van der Waals surface area contributed by atoms with Gasteiger partial charge in [0.2, 0.25) is 0 Å². The largest absolute Gasteiger partial charge is 0.462 e. The molecule has 0 amide bonds.